The van der Waals surface area contributed by atoms with Gasteiger partial charge in [-0.2, -0.15) is 23.5 Å². The maximum absolute atomic E-state index is 5.82. The van der Waals surface area contributed by atoms with Gasteiger partial charge >= 0.3 is 0 Å². The highest BCUT2D eigenvalue weighted by molar-refractivity contribution is 8.06. The number of nitrogens with two attached hydrogens (primary N) is 1. The fourth-order valence-electron chi connectivity index (χ4n) is 1.50. The first-order valence-electron chi connectivity index (χ1n) is 5.08. The molecule has 1 aromatic heterocycles. The molecule has 1 aliphatic heterocycles. The number of anilines is 1. The Labute approximate surface area is 103 Å². The van der Waals surface area contributed by atoms with Gasteiger partial charge in [0.1, 0.15) is 0 Å². The van der Waals surface area contributed by atoms with Crippen LogP contribution in [0.15, 0.2) is 11.4 Å². The molecule has 1 atom stereocenters. The minimum atomic E-state index is 0.782. The largest absolute Gasteiger partial charge is 0.398 e. The fourth-order valence-corrected chi connectivity index (χ4v) is 4.91. The molecule has 2 rings (SSSR count). The van der Waals surface area contributed by atoms with Crippen molar-refractivity contribution in [3.8, 4) is 0 Å². The van der Waals surface area contributed by atoms with Gasteiger partial charge < -0.3 is 11.1 Å². The predicted molar refractivity (Wildman–Crippen MR) is 74.0 cm³/mol. The maximum Gasteiger partial charge on any atom is 0.0468 e. The molecule has 0 saturated carbocycles. The molecule has 0 aliphatic carbocycles. The van der Waals surface area contributed by atoms with Crippen molar-refractivity contribution in [2.75, 3.05) is 29.5 Å². The molecule has 2 nitrogen and oxygen atoms in total. The molecule has 1 unspecified atom stereocenters. The second kappa shape index (κ2) is 6.03. The summed E-state index contributed by atoms with van der Waals surface area (Å²) in [6, 6.07) is 1.98. The molecule has 84 valence electrons. The van der Waals surface area contributed by atoms with Crippen LogP contribution in [0, 0.1) is 0 Å². The third-order valence-corrected chi connectivity index (χ3v) is 6.10. The van der Waals surface area contributed by atoms with E-state index in [0.717, 1.165) is 24.0 Å². The molecular formula is C10H16N2S3. The Morgan fingerprint density at radius 2 is 2.40 bits per heavy atom. The lowest BCUT2D eigenvalue weighted by Gasteiger charge is -2.21. The van der Waals surface area contributed by atoms with Gasteiger partial charge in [-0.15, -0.1) is 11.3 Å². The monoisotopic (exact) mass is 260 g/mol. The van der Waals surface area contributed by atoms with E-state index in [1.165, 1.54) is 22.1 Å². The van der Waals surface area contributed by atoms with E-state index in [1.807, 2.05) is 6.07 Å². The summed E-state index contributed by atoms with van der Waals surface area (Å²) in [7, 11) is 0. The Hall–Kier alpha value is 0.160. The second-order valence-electron chi connectivity index (χ2n) is 3.50. The third kappa shape index (κ3) is 3.59. The van der Waals surface area contributed by atoms with Crippen molar-refractivity contribution in [2.24, 2.45) is 0 Å². The fraction of sp³-hybridized carbons (Fsp3) is 0.600. The highest BCUT2D eigenvalue weighted by Crippen LogP contribution is 2.23. The van der Waals surface area contributed by atoms with Crippen LogP contribution < -0.4 is 11.1 Å². The van der Waals surface area contributed by atoms with Crippen molar-refractivity contribution in [1.82, 2.24) is 5.32 Å². The molecule has 0 aromatic carbocycles. The average molecular weight is 260 g/mol. The van der Waals surface area contributed by atoms with E-state index in [9.17, 15) is 0 Å². The molecule has 1 aromatic rings. The van der Waals surface area contributed by atoms with E-state index in [-0.39, 0.29) is 0 Å². The molecule has 1 fully saturated rings. The smallest absolute Gasteiger partial charge is 0.0468 e. The minimum Gasteiger partial charge on any atom is -0.398 e. The summed E-state index contributed by atoms with van der Waals surface area (Å²) >= 11 is 5.90. The molecule has 5 heteroatoms. The highest BCUT2D eigenvalue weighted by Gasteiger charge is 2.13. The Bertz CT molecular complexity index is 295. The Kier molecular flexibility index (Phi) is 4.68. The van der Waals surface area contributed by atoms with Gasteiger partial charge in [-0.25, -0.2) is 0 Å². The zero-order valence-corrected chi connectivity index (χ0v) is 11.0. The van der Waals surface area contributed by atoms with Gasteiger partial charge in [0.25, 0.3) is 0 Å². The van der Waals surface area contributed by atoms with E-state index in [1.54, 1.807) is 11.3 Å². The van der Waals surface area contributed by atoms with E-state index in [2.05, 4.69) is 34.2 Å². The van der Waals surface area contributed by atoms with Crippen molar-refractivity contribution in [3.05, 3.63) is 16.3 Å². The Morgan fingerprint density at radius 3 is 3.07 bits per heavy atom. The summed E-state index contributed by atoms with van der Waals surface area (Å²) in [6.07, 6.45) is 0. The van der Waals surface area contributed by atoms with E-state index in [0.29, 0.717) is 0 Å². The van der Waals surface area contributed by atoms with Crippen LogP contribution in [0.2, 0.25) is 0 Å². The van der Waals surface area contributed by atoms with Crippen LogP contribution in [0.5, 0.6) is 0 Å². The Morgan fingerprint density at radius 1 is 1.47 bits per heavy atom. The summed E-state index contributed by atoms with van der Waals surface area (Å²) < 4.78 is 0. The van der Waals surface area contributed by atoms with Crippen LogP contribution in [0.1, 0.15) is 4.88 Å². The lowest BCUT2D eigenvalue weighted by atomic mass is 10.4. The van der Waals surface area contributed by atoms with Gasteiger partial charge in [0.05, 0.1) is 0 Å². The summed E-state index contributed by atoms with van der Waals surface area (Å²) in [5.41, 5.74) is 6.75. The molecule has 15 heavy (non-hydrogen) atoms. The molecular weight excluding hydrogens is 244 g/mol. The van der Waals surface area contributed by atoms with Crippen molar-refractivity contribution < 1.29 is 0 Å². The minimum absolute atomic E-state index is 0.782. The van der Waals surface area contributed by atoms with E-state index in [4.69, 9.17) is 5.73 Å². The standard InChI is InChI=1S/C10H16N2S3/c11-9-1-2-15-10(9)6-12-5-8-7-13-3-4-14-8/h1-2,8,12H,3-7,11H2. The van der Waals surface area contributed by atoms with Crippen LogP contribution in [0.25, 0.3) is 0 Å². The molecule has 0 spiro atoms. The van der Waals surface area contributed by atoms with Crippen molar-refractivity contribution >= 4 is 40.5 Å². The molecule has 3 N–H and O–H groups in total. The number of hydrogen-bond acceptors (Lipinski definition) is 5. The van der Waals surface area contributed by atoms with Crippen LogP contribution in [-0.2, 0) is 6.54 Å². The average Bonchev–Trinajstić information content (AvgIpc) is 2.66. The first kappa shape index (κ1) is 11.6. The molecule has 0 bridgehead atoms. The lowest BCUT2D eigenvalue weighted by molar-refractivity contribution is 0.693. The molecule has 0 amide bonds. The van der Waals surface area contributed by atoms with Gasteiger partial charge in [0.15, 0.2) is 0 Å². The summed E-state index contributed by atoms with van der Waals surface area (Å²) in [4.78, 5) is 1.27. The SMILES string of the molecule is Nc1ccsc1CNCC1CSCCS1. The van der Waals surface area contributed by atoms with Gasteiger partial charge in [-0.05, 0) is 11.4 Å². The number of thiophene rings is 1. The zero-order valence-electron chi connectivity index (χ0n) is 8.57. The highest BCUT2D eigenvalue weighted by atomic mass is 32.2. The third-order valence-electron chi connectivity index (χ3n) is 2.32. The number of thioether (sulfide) groups is 2. The van der Waals surface area contributed by atoms with Gasteiger partial charge in [-0.3, -0.25) is 0 Å². The zero-order chi connectivity index (χ0) is 10.5. The van der Waals surface area contributed by atoms with E-state index >= 15 is 0 Å². The van der Waals surface area contributed by atoms with Crippen molar-refractivity contribution in [2.45, 2.75) is 11.8 Å². The van der Waals surface area contributed by atoms with Crippen LogP contribution in [-0.4, -0.2) is 29.1 Å². The quantitative estimate of drug-likeness (QED) is 0.871. The number of rotatable bonds is 4. The number of hydrogen-bond donors (Lipinski definition) is 2. The van der Waals surface area contributed by atoms with Gasteiger partial charge in [-0.1, -0.05) is 0 Å². The first-order chi connectivity index (χ1) is 7.36. The lowest BCUT2D eigenvalue weighted by Crippen LogP contribution is -2.28. The van der Waals surface area contributed by atoms with Crippen LogP contribution in [0.4, 0.5) is 5.69 Å². The first-order valence-corrected chi connectivity index (χ1v) is 8.16. The molecule has 1 aliphatic rings. The summed E-state index contributed by atoms with van der Waals surface area (Å²) in [6.45, 7) is 2.03. The van der Waals surface area contributed by atoms with Crippen LogP contribution >= 0.6 is 34.9 Å². The van der Waals surface area contributed by atoms with Crippen molar-refractivity contribution in [3.63, 3.8) is 0 Å². The number of nitrogens with one attached hydrogen (secondary N) is 1. The normalized spacial score (nSPS) is 21.7. The van der Waals surface area contributed by atoms with E-state index < -0.39 is 0 Å². The topological polar surface area (TPSA) is 38.0 Å². The summed E-state index contributed by atoms with van der Waals surface area (Å²) in [5.74, 6) is 3.91. The summed E-state index contributed by atoms with van der Waals surface area (Å²) in [5, 5.41) is 6.33. The van der Waals surface area contributed by atoms with Crippen LogP contribution in [0.3, 0.4) is 0 Å². The van der Waals surface area contributed by atoms with Crippen molar-refractivity contribution in [1.29, 1.82) is 0 Å². The molecule has 0 radical (unpaired) electrons. The van der Waals surface area contributed by atoms with Gasteiger partial charge in [0, 0.05) is 46.2 Å². The van der Waals surface area contributed by atoms with Gasteiger partial charge in [0.2, 0.25) is 0 Å². The predicted octanol–water partition coefficient (Wildman–Crippen LogP) is 2.27. The Balaban J connectivity index is 1.68. The molecule has 1 saturated heterocycles. The number of nitrogen functional groups attached to an aromatic ring is 1. The molecule has 2 heterocycles. The second-order valence-corrected chi connectivity index (χ2v) is 7.06. The maximum atomic E-state index is 5.82.